The first kappa shape index (κ1) is 10.9. The van der Waals surface area contributed by atoms with E-state index in [-0.39, 0.29) is 5.54 Å². The van der Waals surface area contributed by atoms with Gasteiger partial charge in [-0.3, -0.25) is 4.99 Å². The number of pyridine rings is 1. The Morgan fingerprint density at radius 2 is 2.00 bits per heavy atom. The fourth-order valence-corrected chi connectivity index (χ4v) is 1.48. The van der Waals surface area contributed by atoms with Crippen LogP contribution in [0.1, 0.15) is 26.5 Å². The van der Waals surface area contributed by atoms with Gasteiger partial charge in [-0.1, -0.05) is 0 Å². The molecule has 0 N–H and O–H groups in total. The fourth-order valence-electron chi connectivity index (χ4n) is 1.48. The summed E-state index contributed by atoms with van der Waals surface area (Å²) < 4.78 is 2.02. The molecule has 0 unspecified atom stereocenters. The Labute approximate surface area is 95.8 Å². The number of hydrogen-bond donors (Lipinski definition) is 0. The van der Waals surface area contributed by atoms with E-state index in [2.05, 4.69) is 42.9 Å². The Morgan fingerprint density at radius 1 is 1.25 bits per heavy atom. The second kappa shape index (κ2) is 3.74. The quantitative estimate of drug-likeness (QED) is 0.673. The summed E-state index contributed by atoms with van der Waals surface area (Å²) in [5.74, 6) is 0. The largest absolute Gasteiger partial charge is 0.336 e. The standard InChI is InChI=1S/C13H17N3/c1-13(2,3)14-9-11-6-5-10-7-8-16(4)12(10)15-11/h5-9H,1-4H3/b14-9+. The average molecular weight is 215 g/mol. The average Bonchev–Trinajstić information content (AvgIpc) is 2.56. The first-order chi connectivity index (χ1) is 7.46. The maximum atomic E-state index is 4.55. The van der Waals surface area contributed by atoms with E-state index >= 15 is 0 Å². The number of aliphatic imine (C=N–C) groups is 1. The second-order valence-corrected chi connectivity index (χ2v) is 5.00. The van der Waals surface area contributed by atoms with Crippen molar-refractivity contribution in [3.63, 3.8) is 0 Å². The number of rotatable bonds is 1. The van der Waals surface area contributed by atoms with Crippen LogP contribution in [0.2, 0.25) is 0 Å². The van der Waals surface area contributed by atoms with Crippen LogP contribution >= 0.6 is 0 Å². The van der Waals surface area contributed by atoms with E-state index in [1.54, 1.807) is 0 Å². The minimum atomic E-state index is -0.0507. The van der Waals surface area contributed by atoms with Crippen LogP contribution in [0.15, 0.2) is 29.4 Å². The lowest BCUT2D eigenvalue weighted by Crippen LogP contribution is -2.10. The molecule has 0 aromatic carbocycles. The lowest BCUT2D eigenvalue weighted by molar-refractivity contribution is 0.586. The minimum Gasteiger partial charge on any atom is -0.336 e. The van der Waals surface area contributed by atoms with Gasteiger partial charge in [0.05, 0.1) is 11.2 Å². The van der Waals surface area contributed by atoms with Gasteiger partial charge in [-0.2, -0.15) is 0 Å². The van der Waals surface area contributed by atoms with E-state index in [0.717, 1.165) is 16.7 Å². The van der Waals surface area contributed by atoms with E-state index in [9.17, 15) is 0 Å². The molecule has 3 nitrogen and oxygen atoms in total. The van der Waals surface area contributed by atoms with Gasteiger partial charge in [0.15, 0.2) is 0 Å². The molecule has 3 heteroatoms. The Morgan fingerprint density at radius 3 is 2.69 bits per heavy atom. The lowest BCUT2D eigenvalue weighted by atomic mass is 10.1. The molecule has 0 fully saturated rings. The molecule has 0 amide bonds. The molecule has 0 atom stereocenters. The molecule has 0 aliphatic rings. The van der Waals surface area contributed by atoms with Gasteiger partial charge in [0.25, 0.3) is 0 Å². The Bertz CT molecular complexity index is 530. The molecule has 0 saturated carbocycles. The topological polar surface area (TPSA) is 30.2 Å². The normalized spacial score (nSPS) is 12.8. The number of nitrogens with zero attached hydrogens (tertiary/aromatic N) is 3. The van der Waals surface area contributed by atoms with Gasteiger partial charge in [-0.25, -0.2) is 4.98 Å². The summed E-state index contributed by atoms with van der Waals surface area (Å²) in [5, 5.41) is 1.16. The van der Waals surface area contributed by atoms with Crippen molar-refractivity contribution in [2.75, 3.05) is 0 Å². The molecule has 2 rings (SSSR count). The van der Waals surface area contributed by atoms with Gasteiger partial charge in [-0.05, 0) is 39.0 Å². The van der Waals surface area contributed by atoms with Crippen LogP contribution in [0.25, 0.3) is 11.0 Å². The number of hydrogen-bond acceptors (Lipinski definition) is 2. The maximum absolute atomic E-state index is 4.55. The van der Waals surface area contributed by atoms with E-state index in [4.69, 9.17) is 0 Å². The van der Waals surface area contributed by atoms with Crippen molar-refractivity contribution in [2.24, 2.45) is 12.0 Å². The van der Waals surface area contributed by atoms with E-state index < -0.39 is 0 Å². The van der Waals surface area contributed by atoms with Gasteiger partial charge >= 0.3 is 0 Å². The third-order valence-corrected chi connectivity index (χ3v) is 2.32. The molecule has 0 saturated heterocycles. The first-order valence-corrected chi connectivity index (χ1v) is 5.43. The summed E-state index contributed by atoms with van der Waals surface area (Å²) in [6.07, 6.45) is 3.86. The highest BCUT2D eigenvalue weighted by Gasteiger charge is 2.05. The SMILES string of the molecule is Cn1ccc2ccc(/C=N/C(C)(C)C)nc21. The molecule has 0 aliphatic heterocycles. The van der Waals surface area contributed by atoms with Crippen LogP contribution in [-0.4, -0.2) is 21.3 Å². The van der Waals surface area contributed by atoms with Crippen LogP contribution in [-0.2, 0) is 7.05 Å². The van der Waals surface area contributed by atoms with Gasteiger partial charge in [0.2, 0.25) is 0 Å². The number of aromatic nitrogens is 2. The predicted molar refractivity (Wildman–Crippen MR) is 68.1 cm³/mol. The molecular weight excluding hydrogens is 198 g/mol. The van der Waals surface area contributed by atoms with Crippen molar-refractivity contribution < 1.29 is 0 Å². The smallest absolute Gasteiger partial charge is 0.140 e. The van der Waals surface area contributed by atoms with Crippen molar-refractivity contribution in [1.82, 2.24) is 9.55 Å². The molecule has 2 heterocycles. The Kier molecular flexibility index (Phi) is 2.54. The van der Waals surface area contributed by atoms with E-state index in [1.807, 2.05) is 30.1 Å². The highest BCUT2D eigenvalue weighted by Crippen LogP contribution is 2.13. The zero-order valence-corrected chi connectivity index (χ0v) is 10.2. The molecule has 2 aromatic heterocycles. The Balaban J connectivity index is 2.39. The zero-order chi connectivity index (χ0) is 11.8. The molecule has 84 valence electrons. The Hall–Kier alpha value is -1.64. The summed E-state index contributed by atoms with van der Waals surface area (Å²) in [4.78, 5) is 9.00. The third-order valence-electron chi connectivity index (χ3n) is 2.32. The summed E-state index contributed by atoms with van der Waals surface area (Å²) in [6.45, 7) is 6.22. The lowest BCUT2D eigenvalue weighted by Gasteiger charge is -2.10. The highest BCUT2D eigenvalue weighted by atomic mass is 15.0. The van der Waals surface area contributed by atoms with Crippen LogP contribution in [0.3, 0.4) is 0 Å². The van der Waals surface area contributed by atoms with E-state index in [1.165, 1.54) is 0 Å². The van der Waals surface area contributed by atoms with Crippen molar-refractivity contribution >= 4 is 17.2 Å². The maximum Gasteiger partial charge on any atom is 0.140 e. The van der Waals surface area contributed by atoms with Crippen molar-refractivity contribution in [2.45, 2.75) is 26.3 Å². The highest BCUT2D eigenvalue weighted by molar-refractivity contribution is 5.84. The van der Waals surface area contributed by atoms with Crippen LogP contribution in [0, 0.1) is 0 Å². The van der Waals surface area contributed by atoms with Crippen LogP contribution < -0.4 is 0 Å². The minimum absolute atomic E-state index is 0.0507. The predicted octanol–water partition coefficient (Wildman–Crippen LogP) is 2.79. The second-order valence-electron chi connectivity index (χ2n) is 5.00. The fraction of sp³-hybridized carbons (Fsp3) is 0.385. The monoisotopic (exact) mass is 215 g/mol. The van der Waals surface area contributed by atoms with Crippen molar-refractivity contribution in [1.29, 1.82) is 0 Å². The van der Waals surface area contributed by atoms with Gasteiger partial charge in [0, 0.05) is 24.8 Å². The molecule has 2 aromatic rings. The number of fused-ring (bicyclic) bond motifs is 1. The van der Waals surface area contributed by atoms with E-state index in [0.29, 0.717) is 0 Å². The summed E-state index contributed by atoms with van der Waals surface area (Å²) in [5.41, 5.74) is 1.85. The van der Waals surface area contributed by atoms with Crippen LogP contribution in [0.5, 0.6) is 0 Å². The molecule has 0 spiro atoms. The first-order valence-electron chi connectivity index (χ1n) is 5.43. The summed E-state index contributed by atoms with van der Waals surface area (Å²) >= 11 is 0. The van der Waals surface area contributed by atoms with Gasteiger partial charge in [-0.15, -0.1) is 0 Å². The summed E-state index contributed by atoms with van der Waals surface area (Å²) in [6, 6.07) is 6.14. The third kappa shape index (κ3) is 2.30. The summed E-state index contributed by atoms with van der Waals surface area (Å²) in [7, 11) is 2.00. The molecular formula is C13H17N3. The number of aryl methyl sites for hydroxylation is 1. The van der Waals surface area contributed by atoms with Crippen molar-refractivity contribution in [3.05, 3.63) is 30.1 Å². The molecule has 0 bridgehead atoms. The van der Waals surface area contributed by atoms with Crippen LogP contribution in [0.4, 0.5) is 0 Å². The van der Waals surface area contributed by atoms with Crippen molar-refractivity contribution in [3.8, 4) is 0 Å². The van der Waals surface area contributed by atoms with Gasteiger partial charge < -0.3 is 4.57 Å². The zero-order valence-electron chi connectivity index (χ0n) is 10.2. The molecule has 0 radical (unpaired) electrons. The molecule has 16 heavy (non-hydrogen) atoms. The van der Waals surface area contributed by atoms with Gasteiger partial charge in [0.1, 0.15) is 5.65 Å². The molecule has 0 aliphatic carbocycles.